The third-order valence-corrected chi connectivity index (χ3v) is 2.59. The molecule has 1 heterocycles. The van der Waals surface area contributed by atoms with Crippen molar-refractivity contribution in [2.75, 3.05) is 19.0 Å². The normalized spacial score (nSPS) is 10.4. The summed E-state index contributed by atoms with van der Waals surface area (Å²) in [6.45, 7) is 2.91. The molecule has 96 valence electrons. The Labute approximate surface area is 105 Å². The van der Waals surface area contributed by atoms with Gasteiger partial charge in [0, 0.05) is 25.0 Å². The van der Waals surface area contributed by atoms with Crippen LogP contribution in [0.5, 0.6) is 5.75 Å². The number of methoxy groups -OCH3 is 1. The van der Waals surface area contributed by atoms with Crippen LogP contribution in [0.25, 0.3) is 5.69 Å². The van der Waals surface area contributed by atoms with Crippen molar-refractivity contribution < 1.29 is 9.13 Å². The van der Waals surface area contributed by atoms with Gasteiger partial charge in [-0.15, -0.1) is 0 Å². The number of imidazole rings is 1. The molecule has 0 aliphatic heterocycles. The zero-order chi connectivity index (χ0) is 13.0. The van der Waals surface area contributed by atoms with E-state index in [1.807, 2.05) is 0 Å². The highest BCUT2D eigenvalue weighted by Gasteiger charge is 2.08. The van der Waals surface area contributed by atoms with Crippen LogP contribution in [0.1, 0.15) is 13.3 Å². The van der Waals surface area contributed by atoms with Gasteiger partial charge in [0.05, 0.1) is 12.8 Å². The number of hydrogen-bond donors (Lipinski definition) is 1. The van der Waals surface area contributed by atoms with E-state index in [1.165, 1.54) is 13.2 Å². The smallest absolute Gasteiger partial charge is 0.207 e. The summed E-state index contributed by atoms with van der Waals surface area (Å²) in [5.41, 5.74) is 0.712. The van der Waals surface area contributed by atoms with Gasteiger partial charge < -0.3 is 10.1 Å². The highest BCUT2D eigenvalue weighted by molar-refractivity contribution is 5.44. The fraction of sp³-hybridized carbons (Fsp3) is 0.308. The molecule has 0 amide bonds. The summed E-state index contributed by atoms with van der Waals surface area (Å²) in [6.07, 6.45) is 4.48. The molecular weight excluding hydrogens is 233 g/mol. The summed E-state index contributed by atoms with van der Waals surface area (Å²) >= 11 is 0. The first-order chi connectivity index (χ1) is 8.76. The van der Waals surface area contributed by atoms with Gasteiger partial charge >= 0.3 is 0 Å². The van der Waals surface area contributed by atoms with Crippen LogP contribution in [0.15, 0.2) is 30.6 Å². The highest BCUT2D eigenvalue weighted by atomic mass is 19.1. The average molecular weight is 249 g/mol. The summed E-state index contributed by atoms with van der Waals surface area (Å²) in [5.74, 6) is 0.563. The van der Waals surface area contributed by atoms with Crippen molar-refractivity contribution in [3.63, 3.8) is 0 Å². The maximum atomic E-state index is 13.6. The zero-order valence-corrected chi connectivity index (χ0v) is 10.5. The topological polar surface area (TPSA) is 39.1 Å². The Balaban J connectivity index is 2.31. The molecule has 0 spiro atoms. The molecule has 0 aliphatic rings. The number of halogens is 1. The second kappa shape index (κ2) is 5.53. The summed E-state index contributed by atoms with van der Waals surface area (Å²) < 4.78 is 20.3. The molecule has 0 unspecified atom stereocenters. The van der Waals surface area contributed by atoms with Crippen LogP contribution in [-0.4, -0.2) is 23.2 Å². The number of anilines is 1. The van der Waals surface area contributed by atoms with Gasteiger partial charge in [-0.3, -0.25) is 4.57 Å². The second-order valence-corrected chi connectivity index (χ2v) is 3.87. The molecule has 0 fully saturated rings. The molecule has 2 aromatic rings. The Morgan fingerprint density at radius 1 is 1.44 bits per heavy atom. The Kier molecular flexibility index (Phi) is 3.82. The van der Waals surface area contributed by atoms with E-state index in [-0.39, 0.29) is 11.6 Å². The summed E-state index contributed by atoms with van der Waals surface area (Å²) in [5, 5.41) is 3.19. The number of rotatable bonds is 5. The Bertz CT molecular complexity index is 525. The van der Waals surface area contributed by atoms with Crippen LogP contribution in [0, 0.1) is 5.82 Å². The minimum absolute atomic E-state index is 0.238. The minimum atomic E-state index is -0.384. The lowest BCUT2D eigenvalue weighted by Crippen LogP contribution is -2.07. The van der Waals surface area contributed by atoms with Crippen molar-refractivity contribution in [3.05, 3.63) is 36.4 Å². The Hall–Kier alpha value is -2.04. The molecule has 0 aliphatic carbocycles. The lowest BCUT2D eigenvalue weighted by atomic mass is 10.3. The van der Waals surface area contributed by atoms with Gasteiger partial charge in [0.25, 0.3) is 0 Å². The van der Waals surface area contributed by atoms with Crippen molar-refractivity contribution in [1.29, 1.82) is 0 Å². The Morgan fingerprint density at radius 3 is 2.94 bits per heavy atom. The lowest BCUT2D eigenvalue weighted by molar-refractivity contribution is 0.386. The van der Waals surface area contributed by atoms with Gasteiger partial charge in [0.15, 0.2) is 11.6 Å². The standard InChI is InChI=1S/C13H16FN3O/c1-3-6-15-13-16-7-8-17(13)10-4-5-12(18-2)11(14)9-10/h4-5,7-9H,3,6H2,1-2H3,(H,15,16). The van der Waals surface area contributed by atoms with Gasteiger partial charge in [-0.2, -0.15) is 0 Å². The third kappa shape index (κ3) is 2.45. The van der Waals surface area contributed by atoms with Crippen molar-refractivity contribution >= 4 is 5.95 Å². The van der Waals surface area contributed by atoms with Gasteiger partial charge in [-0.25, -0.2) is 9.37 Å². The molecule has 2 rings (SSSR count). The molecule has 5 heteroatoms. The largest absolute Gasteiger partial charge is 0.494 e. The van der Waals surface area contributed by atoms with Crippen LogP contribution in [0.3, 0.4) is 0 Å². The number of nitrogens with zero attached hydrogens (tertiary/aromatic N) is 2. The van der Waals surface area contributed by atoms with E-state index in [2.05, 4.69) is 17.2 Å². The van der Waals surface area contributed by atoms with Gasteiger partial charge in [-0.05, 0) is 18.6 Å². The van der Waals surface area contributed by atoms with Crippen molar-refractivity contribution in [1.82, 2.24) is 9.55 Å². The van der Waals surface area contributed by atoms with E-state index in [0.717, 1.165) is 13.0 Å². The van der Waals surface area contributed by atoms with Crippen LogP contribution < -0.4 is 10.1 Å². The average Bonchev–Trinajstić information content (AvgIpc) is 2.84. The third-order valence-electron chi connectivity index (χ3n) is 2.59. The number of hydrogen-bond acceptors (Lipinski definition) is 3. The van der Waals surface area contributed by atoms with E-state index in [4.69, 9.17) is 4.74 Å². The van der Waals surface area contributed by atoms with Crippen LogP contribution in [-0.2, 0) is 0 Å². The predicted molar refractivity (Wildman–Crippen MR) is 68.9 cm³/mol. The van der Waals surface area contributed by atoms with E-state index >= 15 is 0 Å². The van der Waals surface area contributed by atoms with Gasteiger partial charge in [0.1, 0.15) is 0 Å². The first-order valence-electron chi connectivity index (χ1n) is 5.87. The molecule has 0 radical (unpaired) electrons. The molecule has 18 heavy (non-hydrogen) atoms. The minimum Gasteiger partial charge on any atom is -0.494 e. The zero-order valence-electron chi connectivity index (χ0n) is 10.5. The molecular formula is C13H16FN3O. The fourth-order valence-corrected chi connectivity index (χ4v) is 1.68. The van der Waals surface area contributed by atoms with Gasteiger partial charge in [-0.1, -0.05) is 6.92 Å². The van der Waals surface area contributed by atoms with Gasteiger partial charge in [0.2, 0.25) is 5.95 Å². The highest BCUT2D eigenvalue weighted by Crippen LogP contribution is 2.22. The van der Waals surface area contributed by atoms with Crippen molar-refractivity contribution in [2.24, 2.45) is 0 Å². The molecule has 4 nitrogen and oxygen atoms in total. The lowest BCUT2D eigenvalue weighted by Gasteiger charge is -2.10. The number of nitrogens with one attached hydrogen (secondary N) is 1. The summed E-state index contributed by atoms with van der Waals surface area (Å²) in [7, 11) is 1.45. The van der Waals surface area contributed by atoms with Crippen molar-refractivity contribution in [2.45, 2.75) is 13.3 Å². The van der Waals surface area contributed by atoms with E-state index in [0.29, 0.717) is 11.6 Å². The molecule has 1 N–H and O–H groups in total. The second-order valence-electron chi connectivity index (χ2n) is 3.87. The maximum absolute atomic E-state index is 13.6. The number of ether oxygens (including phenoxy) is 1. The molecule has 1 aromatic heterocycles. The molecule has 0 saturated carbocycles. The number of benzene rings is 1. The monoisotopic (exact) mass is 249 g/mol. The van der Waals surface area contributed by atoms with Crippen LogP contribution in [0.4, 0.5) is 10.3 Å². The van der Waals surface area contributed by atoms with Crippen LogP contribution >= 0.6 is 0 Å². The summed E-state index contributed by atoms with van der Waals surface area (Å²) in [6, 6.07) is 4.83. The van der Waals surface area contributed by atoms with Crippen LogP contribution in [0.2, 0.25) is 0 Å². The molecule has 0 atom stereocenters. The quantitative estimate of drug-likeness (QED) is 0.885. The summed E-state index contributed by atoms with van der Waals surface area (Å²) in [4.78, 5) is 4.20. The number of aromatic nitrogens is 2. The maximum Gasteiger partial charge on any atom is 0.207 e. The van der Waals surface area contributed by atoms with E-state index in [1.54, 1.807) is 29.1 Å². The first kappa shape index (κ1) is 12.4. The predicted octanol–water partition coefficient (Wildman–Crippen LogP) is 2.84. The fourth-order valence-electron chi connectivity index (χ4n) is 1.68. The molecule has 1 aromatic carbocycles. The first-order valence-corrected chi connectivity index (χ1v) is 5.87. The van der Waals surface area contributed by atoms with E-state index in [9.17, 15) is 4.39 Å². The molecule has 0 bridgehead atoms. The SMILES string of the molecule is CCCNc1nccn1-c1ccc(OC)c(F)c1. The van der Waals surface area contributed by atoms with Crippen molar-refractivity contribution in [3.8, 4) is 11.4 Å². The molecule has 0 saturated heterocycles. The Morgan fingerprint density at radius 2 is 2.28 bits per heavy atom. The van der Waals surface area contributed by atoms with E-state index < -0.39 is 0 Å².